The van der Waals surface area contributed by atoms with Gasteiger partial charge in [0.1, 0.15) is 0 Å². The molecule has 2 atom stereocenters. The molecule has 106 valence electrons. The van der Waals surface area contributed by atoms with Crippen LogP contribution >= 0.6 is 11.6 Å². The molecule has 0 aliphatic carbocycles. The first-order chi connectivity index (χ1) is 9.68. The van der Waals surface area contributed by atoms with Crippen molar-refractivity contribution < 1.29 is 9.84 Å². The molecule has 0 bridgehead atoms. The van der Waals surface area contributed by atoms with Gasteiger partial charge < -0.3 is 9.84 Å². The second-order valence-electron chi connectivity index (χ2n) is 4.88. The summed E-state index contributed by atoms with van der Waals surface area (Å²) in [7, 11) is 0. The molecule has 3 heteroatoms. The van der Waals surface area contributed by atoms with Gasteiger partial charge in [0.25, 0.3) is 0 Å². The molecule has 2 nitrogen and oxygen atoms in total. The van der Waals surface area contributed by atoms with Gasteiger partial charge in [0.05, 0.1) is 19.3 Å². The Hall–Kier alpha value is -1.35. The maximum atomic E-state index is 10.2. The lowest BCUT2D eigenvalue weighted by Crippen LogP contribution is -2.22. The maximum absolute atomic E-state index is 10.2. The largest absolute Gasteiger partial charge is 0.390 e. The summed E-state index contributed by atoms with van der Waals surface area (Å²) in [5, 5.41) is 10.9. The van der Waals surface area contributed by atoms with Crippen molar-refractivity contribution in [3.8, 4) is 0 Å². The van der Waals surface area contributed by atoms with E-state index in [2.05, 4.69) is 0 Å². The first-order valence-corrected chi connectivity index (χ1v) is 7.10. The van der Waals surface area contributed by atoms with Crippen LogP contribution in [-0.4, -0.2) is 17.8 Å². The fourth-order valence-electron chi connectivity index (χ4n) is 2.07. The van der Waals surface area contributed by atoms with Crippen molar-refractivity contribution in [1.29, 1.82) is 0 Å². The van der Waals surface area contributed by atoms with Crippen LogP contribution in [0, 0.1) is 0 Å². The van der Waals surface area contributed by atoms with Gasteiger partial charge in [-0.3, -0.25) is 0 Å². The number of aliphatic hydroxyl groups is 1. The van der Waals surface area contributed by atoms with Gasteiger partial charge in [0, 0.05) is 10.9 Å². The van der Waals surface area contributed by atoms with Gasteiger partial charge in [-0.1, -0.05) is 67.1 Å². The van der Waals surface area contributed by atoms with Gasteiger partial charge in [-0.15, -0.1) is 0 Å². The maximum Gasteiger partial charge on any atom is 0.0840 e. The third-order valence-electron chi connectivity index (χ3n) is 3.37. The summed E-state index contributed by atoms with van der Waals surface area (Å²) in [6.07, 6.45) is -0.571. The summed E-state index contributed by atoms with van der Waals surface area (Å²) in [6, 6.07) is 17.5. The molecule has 1 unspecified atom stereocenters. The monoisotopic (exact) mass is 290 g/mol. The second kappa shape index (κ2) is 7.44. The number of rotatable bonds is 6. The van der Waals surface area contributed by atoms with Crippen LogP contribution in [0.2, 0.25) is 5.02 Å². The minimum atomic E-state index is -0.571. The minimum Gasteiger partial charge on any atom is -0.390 e. The van der Waals surface area contributed by atoms with Crippen LogP contribution in [0.1, 0.15) is 24.0 Å². The zero-order valence-corrected chi connectivity index (χ0v) is 12.3. The van der Waals surface area contributed by atoms with Gasteiger partial charge in [0.2, 0.25) is 0 Å². The molecule has 0 amide bonds. The Kier molecular flexibility index (Phi) is 5.60. The molecule has 0 aliphatic heterocycles. The third-order valence-corrected chi connectivity index (χ3v) is 3.72. The minimum absolute atomic E-state index is 0.0560. The molecule has 2 aromatic carbocycles. The van der Waals surface area contributed by atoms with Gasteiger partial charge >= 0.3 is 0 Å². The Bertz CT molecular complexity index is 528. The van der Waals surface area contributed by atoms with Crippen molar-refractivity contribution in [2.24, 2.45) is 0 Å². The summed E-state index contributed by atoms with van der Waals surface area (Å²) < 4.78 is 5.57. The molecule has 0 radical (unpaired) electrons. The van der Waals surface area contributed by atoms with E-state index in [-0.39, 0.29) is 5.92 Å². The van der Waals surface area contributed by atoms with Crippen LogP contribution in [0.15, 0.2) is 54.6 Å². The predicted molar refractivity (Wildman–Crippen MR) is 82.0 cm³/mol. The molecule has 20 heavy (non-hydrogen) atoms. The highest BCUT2D eigenvalue weighted by Crippen LogP contribution is 2.26. The van der Waals surface area contributed by atoms with Gasteiger partial charge in [-0.25, -0.2) is 0 Å². The van der Waals surface area contributed by atoms with Crippen LogP contribution in [-0.2, 0) is 11.3 Å². The summed E-state index contributed by atoms with van der Waals surface area (Å²) in [5.41, 5.74) is 2.05. The summed E-state index contributed by atoms with van der Waals surface area (Å²) in [6.45, 7) is 2.76. The molecule has 0 heterocycles. The molecule has 2 aromatic rings. The lowest BCUT2D eigenvalue weighted by Gasteiger charge is -2.20. The Balaban J connectivity index is 1.86. The molecule has 0 aromatic heterocycles. The van der Waals surface area contributed by atoms with Crippen LogP contribution < -0.4 is 0 Å². The van der Waals surface area contributed by atoms with Gasteiger partial charge in [-0.2, -0.15) is 0 Å². The number of benzene rings is 2. The molecule has 0 spiro atoms. The van der Waals surface area contributed by atoms with Crippen LogP contribution in [0.3, 0.4) is 0 Å². The van der Waals surface area contributed by atoms with Crippen molar-refractivity contribution in [2.45, 2.75) is 25.6 Å². The fraction of sp³-hybridized carbons (Fsp3) is 0.294. The first-order valence-electron chi connectivity index (χ1n) is 6.72. The second-order valence-corrected chi connectivity index (χ2v) is 5.29. The fourth-order valence-corrected chi connectivity index (χ4v) is 2.38. The average molecular weight is 291 g/mol. The number of halogens is 1. The van der Waals surface area contributed by atoms with Crippen LogP contribution in [0.5, 0.6) is 0 Å². The van der Waals surface area contributed by atoms with Crippen molar-refractivity contribution in [3.63, 3.8) is 0 Å². The average Bonchev–Trinajstić information content (AvgIpc) is 2.48. The zero-order chi connectivity index (χ0) is 14.4. The molecule has 1 N–H and O–H groups in total. The van der Waals surface area contributed by atoms with Crippen molar-refractivity contribution in [3.05, 3.63) is 70.7 Å². The van der Waals surface area contributed by atoms with E-state index >= 15 is 0 Å². The van der Waals surface area contributed by atoms with Crippen LogP contribution in [0.4, 0.5) is 0 Å². The third kappa shape index (κ3) is 4.07. The van der Waals surface area contributed by atoms with E-state index in [0.717, 1.165) is 11.1 Å². The molecule has 0 saturated carbocycles. The standard InChI is InChI=1S/C17H19ClO2/c1-13(15-9-5-6-10-16(15)18)17(19)12-20-11-14-7-3-2-4-8-14/h2-10,13,17,19H,11-12H2,1H3/t13?,17-/m1/s1. The van der Waals surface area contributed by atoms with Crippen molar-refractivity contribution in [2.75, 3.05) is 6.61 Å². The molecule has 0 saturated heterocycles. The highest BCUT2D eigenvalue weighted by atomic mass is 35.5. The quantitative estimate of drug-likeness (QED) is 0.871. The SMILES string of the molecule is CC(c1ccccc1Cl)[C@H](O)COCc1ccccc1. The Morgan fingerprint density at radius 3 is 2.40 bits per heavy atom. The Morgan fingerprint density at radius 1 is 1.05 bits per heavy atom. The number of hydrogen-bond acceptors (Lipinski definition) is 2. The van der Waals surface area contributed by atoms with E-state index in [0.29, 0.717) is 18.2 Å². The topological polar surface area (TPSA) is 29.5 Å². The number of hydrogen-bond donors (Lipinski definition) is 1. The number of ether oxygens (including phenoxy) is 1. The Morgan fingerprint density at radius 2 is 1.70 bits per heavy atom. The van der Waals surface area contributed by atoms with Gasteiger partial charge in [-0.05, 0) is 17.2 Å². The van der Waals surface area contributed by atoms with Crippen molar-refractivity contribution >= 4 is 11.6 Å². The lowest BCUT2D eigenvalue weighted by molar-refractivity contribution is 0.0176. The summed E-state index contributed by atoms with van der Waals surface area (Å²) in [4.78, 5) is 0. The molecular formula is C17H19ClO2. The zero-order valence-electron chi connectivity index (χ0n) is 11.5. The van der Waals surface area contributed by atoms with Crippen LogP contribution in [0.25, 0.3) is 0 Å². The van der Waals surface area contributed by atoms with E-state index in [1.807, 2.05) is 61.5 Å². The molecule has 0 aliphatic rings. The van der Waals surface area contributed by atoms with Crippen molar-refractivity contribution in [1.82, 2.24) is 0 Å². The molecule has 0 fully saturated rings. The smallest absolute Gasteiger partial charge is 0.0840 e. The molecular weight excluding hydrogens is 272 g/mol. The Labute approximate surface area is 125 Å². The van der Waals surface area contributed by atoms with E-state index < -0.39 is 6.10 Å². The van der Waals surface area contributed by atoms with Gasteiger partial charge in [0.15, 0.2) is 0 Å². The highest BCUT2D eigenvalue weighted by molar-refractivity contribution is 6.31. The first kappa shape index (κ1) is 15.0. The lowest BCUT2D eigenvalue weighted by atomic mass is 9.96. The van der Waals surface area contributed by atoms with E-state index in [1.54, 1.807) is 0 Å². The normalized spacial score (nSPS) is 13.9. The molecule has 2 rings (SSSR count). The summed E-state index contributed by atoms with van der Waals surface area (Å²) in [5.74, 6) is -0.0560. The summed E-state index contributed by atoms with van der Waals surface area (Å²) >= 11 is 6.14. The number of aliphatic hydroxyl groups excluding tert-OH is 1. The predicted octanol–water partition coefficient (Wildman–Crippen LogP) is 4.02. The highest BCUT2D eigenvalue weighted by Gasteiger charge is 2.18. The van der Waals surface area contributed by atoms with E-state index in [1.165, 1.54) is 0 Å². The van der Waals surface area contributed by atoms with E-state index in [4.69, 9.17) is 16.3 Å². The van der Waals surface area contributed by atoms with E-state index in [9.17, 15) is 5.11 Å².